The molecule has 0 heterocycles. The second-order valence-corrected chi connectivity index (χ2v) is 4.20. The minimum Gasteiger partial charge on any atom is -0.307 e. The average molecular weight is 265 g/mol. The first kappa shape index (κ1) is 13.6. The second kappa shape index (κ2) is 6.39. The maximum Gasteiger partial charge on any atom is 0.326 e. The van der Waals surface area contributed by atoms with Crippen molar-refractivity contribution in [1.29, 1.82) is 5.26 Å². The molecule has 0 aliphatic rings. The van der Waals surface area contributed by atoms with Crippen LogP contribution in [-0.4, -0.2) is 12.6 Å². The number of hydrogen-bond donors (Lipinski definition) is 1. The lowest BCUT2D eigenvalue weighted by atomic mass is 10.2. The lowest BCUT2D eigenvalue weighted by molar-refractivity contribution is 0.257. The predicted octanol–water partition coefficient (Wildman–Crippen LogP) is 3.62. The number of nitrogens with one attached hydrogen (secondary N) is 1. The van der Waals surface area contributed by atoms with Gasteiger partial charge in [0.25, 0.3) is 0 Å². The number of urea groups is 1. The molecule has 2 amide bonds. The van der Waals surface area contributed by atoms with Crippen molar-refractivity contribution in [2.45, 2.75) is 6.92 Å². The van der Waals surface area contributed by atoms with E-state index in [1.54, 1.807) is 29.2 Å². The number of amides is 2. The zero-order valence-corrected chi connectivity index (χ0v) is 11.2. The Balaban J connectivity index is 2.16. The van der Waals surface area contributed by atoms with Crippen LogP contribution in [0.5, 0.6) is 0 Å². The number of carbonyl (C=O) groups excluding carboxylic acids is 1. The molecule has 0 spiro atoms. The predicted molar refractivity (Wildman–Crippen MR) is 79.6 cm³/mol. The number of nitrogens with zero attached hydrogens (tertiary/aromatic N) is 2. The summed E-state index contributed by atoms with van der Waals surface area (Å²) in [7, 11) is 0. The first-order valence-electron chi connectivity index (χ1n) is 6.38. The van der Waals surface area contributed by atoms with Crippen molar-refractivity contribution in [3.8, 4) is 6.07 Å². The third-order valence-electron chi connectivity index (χ3n) is 2.87. The Hall–Kier alpha value is -2.80. The molecule has 0 saturated carbocycles. The first-order valence-corrected chi connectivity index (χ1v) is 6.38. The third-order valence-corrected chi connectivity index (χ3v) is 2.87. The van der Waals surface area contributed by atoms with Crippen molar-refractivity contribution in [2.24, 2.45) is 0 Å². The van der Waals surface area contributed by atoms with Crippen molar-refractivity contribution < 1.29 is 4.79 Å². The van der Waals surface area contributed by atoms with E-state index in [2.05, 4.69) is 11.4 Å². The van der Waals surface area contributed by atoms with Crippen LogP contribution in [0, 0.1) is 11.3 Å². The Morgan fingerprint density at radius 3 is 2.60 bits per heavy atom. The highest BCUT2D eigenvalue weighted by molar-refractivity contribution is 6.01. The molecule has 0 aliphatic carbocycles. The minimum absolute atomic E-state index is 0.214. The van der Waals surface area contributed by atoms with Gasteiger partial charge in [-0.15, -0.1) is 0 Å². The van der Waals surface area contributed by atoms with Crippen LogP contribution in [0.2, 0.25) is 0 Å². The average Bonchev–Trinajstić information content (AvgIpc) is 2.49. The summed E-state index contributed by atoms with van der Waals surface area (Å²) in [6.07, 6.45) is 0. The van der Waals surface area contributed by atoms with E-state index < -0.39 is 0 Å². The largest absolute Gasteiger partial charge is 0.326 e. The molecule has 2 aromatic rings. The fraction of sp³-hybridized carbons (Fsp3) is 0.125. The van der Waals surface area contributed by atoms with Gasteiger partial charge < -0.3 is 5.32 Å². The smallest absolute Gasteiger partial charge is 0.307 e. The van der Waals surface area contributed by atoms with Gasteiger partial charge in [-0.3, -0.25) is 4.90 Å². The maximum absolute atomic E-state index is 12.3. The van der Waals surface area contributed by atoms with Crippen molar-refractivity contribution >= 4 is 17.4 Å². The molecule has 0 atom stereocenters. The molecule has 0 aromatic heterocycles. The second-order valence-electron chi connectivity index (χ2n) is 4.20. The fourth-order valence-electron chi connectivity index (χ4n) is 1.91. The Morgan fingerprint density at radius 1 is 1.20 bits per heavy atom. The van der Waals surface area contributed by atoms with Crippen LogP contribution < -0.4 is 10.2 Å². The molecule has 100 valence electrons. The number of rotatable bonds is 3. The monoisotopic (exact) mass is 265 g/mol. The van der Waals surface area contributed by atoms with Gasteiger partial charge in [0, 0.05) is 17.9 Å². The molecule has 4 nitrogen and oxygen atoms in total. The summed E-state index contributed by atoms with van der Waals surface area (Å²) in [5.41, 5.74) is 1.97. The maximum atomic E-state index is 12.3. The summed E-state index contributed by atoms with van der Waals surface area (Å²) in [5, 5.41) is 11.7. The Bertz CT molecular complexity index is 632. The van der Waals surface area contributed by atoms with Gasteiger partial charge in [-0.05, 0) is 37.3 Å². The Kier molecular flexibility index (Phi) is 4.35. The molecule has 0 bridgehead atoms. The van der Waals surface area contributed by atoms with E-state index >= 15 is 0 Å². The third kappa shape index (κ3) is 3.15. The quantitative estimate of drug-likeness (QED) is 0.921. The molecule has 0 unspecified atom stereocenters. The first-order chi connectivity index (χ1) is 9.74. The van der Waals surface area contributed by atoms with E-state index in [0.29, 0.717) is 17.8 Å². The lowest BCUT2D eigenvalue weighted by Gasteiger charge is -2.21. The van der Waals surface area contributed by atoms with Crippen LogP contribution in [0.4, 0.5) is 16.2 Å². The number of para-hydroxylation sites is 1. The summed E-state index contributed by atoms with van der Waals surface area (Å²) in [5.74, 6) is 0. The molecule has 20 heavy (non-hydrogen) atoms. The van der Waals surface area contributed by atoms with Gasteiger partial charge in [0.1, 0.15) is 0 Å². The molecule has 2 aromatic carbocycles. The van der Waals surface area contributed by atoms with Crippen LogP contribution in [0.25, 0.3) is 0 Å². The molecule has 0 saturated heterocycles. The number of nitriles is 1. The van der Waals surface area contributed by atoms with Gasteiger partial charge in [-0.25, -0.2) is 4.79 Å². The number of anilines is 2. The molecular formula is C16H15N3O. The Morgan fingerprint density at radius 2 is 1.95 bits per heavy atom. The zero-order chi connectivity index (χ0) is 14.4. The summed E-state index contributed by atoms with van der Waals surface area (Å²) < 4.78 is 0. The lowest BCUT2D eigenvalue weighted by Crippen LogP contribution is -2.34. The molecule has 0 aliphatic heterocycles. The van der Waals surface area contributed by atoms with Crippen LogP contribution in [0.1, 0.15) is 12.5 Å². The highest BCUT2D eigenvalue weighted by Gasteiger charge is 2.13. The number of hydrogen-bond acceptors (Lipinski definition) is 2. The van der Waals surface area contributed by atoms with Crippen molar-refractivity contribution in [2.75, 3.05) is 16.8 Å². The summed E-state index contributed by atoms with van der Waals surface area (Å²) in [6.45, 7) is 2.48. The minimum atomic E-state index is -0.214. The number of carbonyl (C=O) groups is 1. The van der Waals surface area contributed by atoms with E-state index in [9.17, 15) is 4.79 Å². The van der Waals surface area contributed by atoms with Gasteiger partial charge in [0.15, 0.2) is 0 Å². The van der Waals surface area contributed by atoms with Gasteiger partial charge in [-0.1, -0.05) is 24.3 Å². The fourth-order valence-corrected chi connectivity index (χ4v) is 1.91. The molecule has 0 radical (unpaired) electrons. The van der Waals surface area contributed by atoms with Gasteiger partial charge in [0.05, 0.1) is 11.6 Å². The van der Waals surface area contributed by atoms with E-state index in [4.69, 9.17) is 5.26 Å². The van der Waals surface area contributed by atoms with Gasteiger partial charge in [-0.2, -0.15) is 5.26 Å². The molecule has 2 rings (SSSR count). The van der Waals surface area contributed by atoms with Crippen LogP contribution >= 0.6 is 0 Å². The highest BCUT2D eigenvalue weighted by Crippen LogP contribution is 2.16. The summed E-state index contributed by atoms with van der Waals surface area (Å²) in [4.78, 5) is 13.9. The molecular weight excluding hydrogens is 250 g/mol. The van der Waals surface area contributed by atoms with Crippen molar-refractivity contribution in [3.05, 3.63) is 60.2 Å². The topological polar surface area (TPSA) is 56.1 Å². The molecule has 1 N–H and O–H groups in total. The van der Waals surface area contributed by atoms with E-state index in [-0.39, 0.29) is 6.03 Å². The number of benzene rings is 2. The Labute approximate surface area is 118 Å². The molecule has 4 heteroatoms. The zero-order valence-electron chi connectivity index (χ0n) is 11.2. The summed E-state index contributed by atoms with van der Waals surface area (Å²) in [6, 6.07) is 18.1. The normalized spacial score (nSPS) is 9.60. The van der Waals surface area contributed by atoms with Gasteiger partial charge >= 0.3 is 6.03 Å². The van der Waals surface area contributed by atoms with Gasteiger partial charge in [0.2, 0.25) is 0 Å². The highest BCUT2D eigenvalue weighted by atomic mass is 16.2. The van der Waals surface area contributed by atoms with Crippen molar-refractivity contribution in [1.82, 2.24) is 0 Å². The van der Waals surface area contributed by atoms with Crippen LogP contribution in [0.3, 0.4) is 0 Å². The van der Waals surface area contributed by atoms with E-state index in [0.717, 1.165) is 5.69 Å². The van der Waals surface area contributed by atoms with Crippen LogP contribution in [0.15, 0.2) is 54.6 Å². The van der Waals surface area contributed by atoms with Crippen LogP contribution in [-0.2, 0) is 0 Å². The van der Waals surface area contributed by atoms with Crippen molar-refractivity contribution in [3.63, 3.8) is 0 Å². The standard InChI is InChI=1S/C16H15N3O/c1-2-19(15-9-4-3-5-10-15)16(20)18-14-8-6-7-13(11-14)12-17/h3-11H,2H2,1H3,(H,18,20). The summed E-state index contributed by atoms with van der Waals surface area (Å²) >= 11 is 0. The van der Waals surface area contributed by atoms with E-state index in [1.165, 1.54) is 0 Å². The molecule has 0 fully saturated rings. The van der Waals surface area contributed by atoms with E-state index in [1.807, 2.05) is 37.3 Å². The SMILES string of the molecule is CCN(C(=O)Nc1cccc(C#N)c1)c1ccccc1.